The monoisotopic (exact) mass is 274 g/mol. The summed E-state index contributed by atoms with van der Waals surface area (Å²) >= 11 is 8.96. The Balaban J connectivity index is 2.88. The number of carbonyl (C=O) groups excluding carboxylic acids is 1. The zero-order valence-electron chi connectivity index (χ0n) is 7.26. The molecule has 1 amide bonds. The predicted octanol–water partition coefficient (Wildman–Crippen LogP) is 2.41. The van der Waals surface area contributed by atoms with E-state index in [1.54, 1.807) is 12.1 Å². The van der Waals surface area contributed by atoms with Crippen LogP contribution in [0.1, 0.15) is 10.4 Å². The van der Waals surface area contributed by atoms with Gasteiger partial charge in [0.1, 0.15) is 5.15 Å². The van der Waals surface area contributed by atoms with Crippen LogP contribution in [-0.4, -0.2) is 17.4 Å². The first kappa shape index (κ1) is 11.2. The molecule has 1 N–H and O–H groups in total. The number of halogens is 2. The van der Waals surface area contributed by atoms with E-state index >= 15 is 0 Å². The van der Waals surface area contributed by atoms with Gasteiger partial charge in [-0.2, -0.15) is 0 Å². The van der Waals surface area contributed by atoms with Crippen LogP contribution in [0.3, 0.4) is 0 Å². The van der Waals surface area contributed by atoms with Gasteiger partial charge >= 0.3 is 0 Å². The summed E-state index contributed by atoms with van der Waals surface area (Å²) in [6.07, 6.45) is 3.13. The largest absolute Gasteiger partial charge is 0.348 e. The molecule has 0 spiro atoms. The SMILES string of the molecule is C=CCNC(=O)c1cc(Br)cnc1Cl. The van der Waals surface area contributed by atoms with E-state index in [0.29, 0.717) is 16.6 Å². The second-order valence-electron chi connectivity index (χ2n) is 2.49. The number of hydrogen-bond donors (Lipinski definition) is 1. The van der Waals surface area contributed by atoms with Gasteiger partial charge in [0.25, 0.3) is 5.91 Å². The lowest BCUT2D eigenvalue weighted by Crippen LogP contribution is -2.23. The normalized spacial score (nSPS) is 9.57. The van der Waals surface area contributed by atoms with Gasteiger partial charge in [0.2, 0.25) is 0 Å². The lowest BCUT2D eigenvalue weighted by atomic mass is 10.2. The van der Waals surface area contributed by atoms with Gasteiger partial charge in [0.05, 0.1) is 5.56 Å². The molecule has 0 saturated heterocycles. The van der Waals surface area contributed by atoms with Crippen molar-refractivity contribution >= 4 is 33.4 Å². The Morgan fingerprint density at radius 3 is 3.14 bits per heavy atom. The van der Waals surface area contributed by atoms with Crippen molar-refractivity contribution in [3.05, 3.63) is 40.1 Å². The van der Waals surface area contributed by atoms with Gasteiger partial charge in [-0.05, 0) is 22.0 Å². The molecule has 1 aromatic heterocycles. The van der Waals surface area contributed by atoms with Gasteiger partial charge in [0, 0.05) is 17.2 Å². The van der Waals surface area contributed by atoms with Gasteiger partial charge in [-0.3, -0.25) is 4.79 Å². The third-order valence-electron chi connectivity index (χ3n) is 1.46. The molecule has 0 aliphatic rings. The summed E-state index contributed by atoms with van der Waals surface area (Å²) in [5.74, 6) is -0.260. The molecule has 1 heterocycles. The number of nitrogens with zero attached hydrogens (tertiary/aromatic N) is 1. The minimum atomic E-state index is -0.260. The van der Waals surface area contributed by atoms with Crippen LogP contribution in [0.4, 0.5) is 0 Å². The van der Waals surface area contributed by atoms with E-state index in [1.807, 2.05) is 0 Å². The first-order valence-electron chi connectivity index (χ1n) is 3.85. The first-order chi connectivity index (χ1) is 6.65. The lowest BCUT2D eigenvalue weighted by molar-refractivity contribution is 0.0958. The standard InChI is InChI=1S/C9H8BrClN2O/c1-2-3-12-9(14)7-4-6(10)5-13-8(7)11/h2,4-5H,1,3H2,(H,12,14). The van der Waals surface area contributed by atoms with Crippen LogP contribution in [0.5, 0.6) is 0 Å². The lowest BCUT2D eigenvalue weighted by Gasteiger charge is -2.03. The molecule has 0 fully saturated rings. The van der Waals surface area contributed by atoms with Crippen LogP contribution >= 0.6 is 27.5 Å². The molecular formula is C9H8BrClN2O. The highest BCUT2D eigenvalue weighted by Crippen LogP contribution is 2.17. The van der Waals surface area contributed by atoms with Crippen LogP contribution in [0.2, 0.25) is 5.15 Å². The summed E-state index contributed by atoms with van der Waals surface area (Å²) in [7, 11) is 0. The number of aromatic nitrogens is 1. The number of nitrogens with one attached hydrogen (secondary N) is 1. The molecule has 0 saturated carbocycles. The third kappa shape index (κ3) is 2.82. The van der Waals surface area contributed by atoms with Crippen molar-refractivity contribution in [2.24, 2.45) is 0 Å². The average Bonchev–Trinajstić information content (AvgIpc) is 2.18. The summed E-state index contributed by atoms with van der Waals surface area (Å²) in [4.78, 5) is 15.3. The molecule has 0 atom stereocenters. The Kier molecular flexibility index (Phi) is 4.10. The Morgan fingerprint density at radius 1 is 1.79 bits per heavy atom. The van der Waals surface area contributed by atoms with Crippen molar-refractivity contribution in [1.82, 2.24) is 10.3 Å². The summed E-state index contributed by atoms with van der Waals surface area (Å²) in [5.41, 5.74) is 0.350. The second-order valence-corrected chi connectivity index (χ2v) is 3.76. The Morgan fingerprint density at radius 2 is 2.50 bits per heavy atom. The molecule has 74 valence electrons. The summed E-state index contributed by atoms with van der Waals surface area (Å²) in [6.45, 7) is 3.90. The maximum atomic E-state index is 11.5. The predicted molar refractivity (Wildman–Crippen MR) is 59.5 cm³/mol. The van der Waals surface area contributed by atoms with E-state index in [1.165, 1.54) is 6.20 Å². The van der Waals surface area contributed by atoms with Gasteiger partial charge in [-0.25, -0.2) is 4.98 Å². The van der Waals surface area contributed by atoms with Crippen LogP contribution in [0.25, 0.3) is 0 Å². The van der Waals surface area contributed by atoms with Crippen LogP contribution in [-0.2, 0) is 0 Å². The average molecular weight is 276 g/mol. The molecule has 0 aromatic carbocycles. The molecule has 14 heavy (non-hydrogen) atoms. The number of rotatable bonds is 3. The molecule has 0 aliphatic carbocycles. The molecular weight excluding hydrogens is 267 g/mol. The number of amides is 1. The Labute approximate surface area is 95.3 Å². The van der Waals surface area contributed by atoms with Crippen molar-refractivity contribution in [3.63, 3.8) is 0 Å². The third-order valence-corrected chi connectivity index (χ3v) is 2.19. The van der Waals surface area contributed by atoms with Crippen LogP contribution < -0.4 is 5.32 Å². The molecule has 3 nitrogen and oxygen atoms in total. The van der Waals surface area contributed by atoms with E-state index in [4.69, 9.17) is 11.6 Å². The quantitative estimate of drug-likeness (QED) is 0.680. The van der Waals surface area contributed by atoms with Crippen molar-refractivity contribution in [1.29, 1.82) is 0 Å². The molecule has 5 heteroatoms. The van der Waals surface area contributed by atoms with Crippen LogP contribution in [0.15, 0.2) is 29.4 Å². The molecule has 1 aromatic rings. The fraction of sp³-hybridized carbons (Fsp3) is 0.111. The summed E-state index contributed by atoms with van der Waals surface area (Å²) in [5, 5.41) is 2.80. The van der Waals surface area contributed by atoms with E-state index < -0.39 is 0 Å². The second kappa shape index (κ2) is 5.12. The molecule has 0 radical (unpaired) electrons. The Hall–Kier alpha value is -0.870. The highest BCUT2D eigenvalue weighted by Gasteiger charge is 2.10. The highest BCUT2D eigenvalue weighted by atomic mass is 79.9. The van der Waals surface area contributed by atoms with Crippen molar-refractivity contribution in [3.8, 4) is 0 Å². The smallest absolute Gasteiger partial charge is 0.254 e. The van der Waals surface area contributed by atoms with Gasteiger partial charge in [-0.1, -0.05) is 17.7 Å². The maximum Gasteiger partial charge on any atom is 0.254 e. The molecule has 0 bridgehead atoms. The molecule has 1 rings (SSSR count). The molecule has 0 aliphatic heterocycles. The zero-order chi connectivity index (χ0) is 10.6. The van der Waals surface area contributed by atoms with Crippen molar-refractivity contribution in [2.45, 2.75) is 0 Å². The fourth-order valence-corrected chi connectivity index (χ4v) is 1.36. The maximum absolute atomic E-state index is 11.5. The van der Waals surface area contributed by atoms with E-state index in [0.717, 1.165) is 0 Å². The highest BCUT2D eigenvalue weighted by molar-refractivity contribution is 9.10. The minimum absolute atomic E-state index is 0.190. The van der Waals surface area contributed by atoms with Crippen molar-refractivity contribution < 1.29 is 4.79 Å². The van der Waals surface area contributed by atoms with Gasteiger partial charge in [0.15, 0.2) is 0 Å². The van der Waals surface area contributed by atoms with Gasteiger partial charge in [-0.15, -0.1) is 6.58 Å². The van der Waals surface area contributed by atoms with Gasteiger partial charge < -0.3 is 5.32 Å². The number of hydrogen-bond acceptors (Lipinski definition) is 2. The molecule has 0 unspecified atom stereocenters. The number of carbonyl (C=O) groups is 1. The Bertz CT molecular complexity index is 368. The minimum Gasteiger partial charge on any atom is -0.348 e. The van der Waals surface area contributed by atoms with Crippen molar-refractivity contribution in [2.75, 3.05) is 6.54 Å². The van der Waals surface area contributed by atoms with Crippen LogP contribution in [0, 0.1) is 0 Å². The van der Waals surface area contributed by atoms with E-state index in [2.05, 4.69) is 32.8 Å². The van der Waals surface area contributed by atoms with E-state index in [-0.39, 0.29) is 11.1 Å². The number of pyridine rings is 1. The first-order valence-corrected chi connectivity index (χ1v) is 5.02. The topological polar surface area (TPSA) is 42.0 Å². The summed E-state index contributed by atoms with van der Waals surface area (Å²) < 4.78 is 0.714. The van der Waals surface area contributed by atoms with E-state index in [9.17, 15) is 4.79 Å². The zero-order valence-corrected chi connectivity index (χ0v) is 9.60. The summed E-state index contributed by atoms with van der Waals surface area (Å²) in [6, 6.07) is 1.62. The fourth-order valence-electron chi connectivity index (χ4n) is 0.842.